The van der Waals surface area contributed by atoms with Gasteiger partial charge in [0.25, 0.3) is 0 Å². The number of amides is 2. The van der Waals surface area contributed by atoms with Crippen LogP contribution in [0.4, 0.5) is 5.69 Å². The molecule has 0 bridgehead atoms. The van der Waals surface area contributed by atoms with Crippen LogP contribution in [-0.4, -0.2) is 30.6 Å². The summed E-state index contributed by atoms with van der Waals surface area (Å²) in [6.45, 7) is 2.08. The molecule has 0 heterocycles. The van der Waals surface area contributed by atoms with Gasteiger partial charge in [-0.2, -0.15) is 5.10 Å². The van der Waals surface area contributed by atoms with Crippen molar-refractivity contribution in [1.82, 2.24) is 5.43 Å². The van der Waals surface area contributed by atoms with Crippen molar-refractivity contribution in [2.45, 2.75) is 6.92 Å². The third-order valence-corrected chi connectivity index (χ3v) is 5.39. The highest BCUT2D eigenvalue weighted by molar-refractivity contribution is 9.10. The van der Waals surface area contributed by atoms with Crippen LogP contribution in [-0.2, 0) is 9.59 Å². The maximum absolute atomic E-state index is 12.5. The number of esters is 1. The molecular weight excluding hydrogens is 561 g/mol. The number of hydrogen-bond acceptors (Lipinski definition) is 6. The lowest BCUT2D eigenvalue weighted by Gasteiger charge is -2.12. The first kappa shape index (κ1) is 26.2. The van der Waals surface area contributed by atoms with Crippen LogP contribution in [0.5, 0.6) is 11.5 Å². The van der Waals surface area contributed by atoms with Gasteiger partial charge in [-0.1, -0.05) is 39.1 Å². The summed E-state index contributed by atoms with van der Waals surface area (Å²) < 4.78 is 11.8. The number of hydrogen-bond donors (Lipinski definition) is 2. The molecule has 0 saturated heterocycles. The minimum Gasteiger partial charge on any atom is -0.490 e. The van der Waals surface area contributed by atoms with E-state index in [1.165, 1.54) is 30.5 Å². The normalized spacial score (nSPS) is 10.6. The maximum Gasteiger partial charge on any atom is 0.345 e. The Morgan fingerprint density at radius 3 is 2.40 bits per heavy atom. The van der Waals surface area contributed by atoms with Gasteiger partial charge in [0.1, 0.15) is 0 Å². The van der Waals surface area contributed by atoms with E-state index in [0.717, 1.165) is 4.47 Å². The predicted octanol–water partition coefficient (Wildman–Crippen LogP) is 5.46. The van der Waals surface area contributed by atoms with Gasteiger partial charge in [-0.15, -0.1) is 0 Å². The molecule has 2 amide bonds. The van der Waals surface area contributed by atoms with Crippen molar-refractivity contribution >= 4 is 68.8 Å². The van der Waals surface area contributed by atoms with E-state index in [0.29, 0.717) is 22.9 Å². The topological polar surface area (TPSA) is 106 Å². The van der Waals surface area contributed by atoms with Crippen LogP contribution in [0.2, 0.25) is 10.0 Å². The van der Waals surface area contributed by atoms with E-state index in [9.17, 15) is 14.4 Å². The molecule has 0 aliphatic heterocycles. The smallest absolute Gasteiger partial charge is 0.345 e. The SMILES string of the molecule is CCOc1cc(/C=N\NC(=O)C(=O)Nc2ccc(Br)cc2)ccc1OC(=O)c1ccc(Cl)cc1Cl. The van der Waals surface area contributed by atoms with E-state index < -0.39 is 17.8 Å². The van der Waals surface area contributed by atoms with E-state index >= 15 is 0 Å². The average Bonchev–Trinajstić information content (AvgIpc) is 2.82. The molecule has 0 spiro atoms. The van der Waals surface area contributed by atoms with Crippen molar-refractivity contribution in [1.29, 1.82) is 0 Å². The third kappa shape index (κ3) is 7.54. The number of carbonyl (C=O) groups is 3. The standard InChI is InChI=1S/C24H18BrCl2N3O5/c1-2-34-21-11-14(3-10-20(21)35-24(33)18-9-6-16(26)12-19(18)27)13-28-30-23(32)22(31)29-17-7-4-15(25)5-8-17/h3-13H,2H2,1H3,(H,29,31)(H,30,32)/b28-13-. The van der Waals surface area contributed by atoms with Gasteiger partial charge in [0.2, 0.25) is 0 Å². The number of halogens is 3. The molecule has 0 aliphatic rings. The first-order chi connectivity index (χ1) is 16.8. The summed E-state index contributed by atoms with van der Waals surface area (Å²) in [5.41, 5.74) is 3.28. The third-order valence-electron chi connectivity index (χ3n) is 4.31. The lowest BCUT2D eigenvalue weighted by atomic mass is 10.2. The molecule has 180 valence electrons. The summed E-state index contributed by atoms with van der Waals surface area (Å²) in [4.78, 5) is 36.5. The number of anilines is 1. The van der Waals surface area contributed by atoms with Crippen molar-refractivity contribution < 1.29 is 23.9 Å². The van der Waals surface area contributed by atoms with Crippen molar-refractivity contribution in [2.75, 3.05) is 11.9 Å². The van der Waals surface area contributed by atoms with Gasteiger partial charge in [-0.25, -0.2) is 10.2 Å². The van der Waals surface area contributed by atoms with Crippen LogP contribution >= 0.6 is 39.1 Å². The second kappa shape index (κ2) is 12.3. The molecule has 35 heavy (non-hydrogen) atoms. The highest BCUT2D eigenvalue weighted by Crippen LogP contribution is 2.30. The zero-order valence-corrected chi connectivity index (χ0v) is 21.3. The number of nitrogens with one attached hydrogen (secondary N) is 2. The van der Waals surface area contributed by atoms with Crippen molar-refractivity contribution in [3.05, 3.63) is 86.3 Å². The van der Waals surface area contributed by atoms with Crippen LogP contribution in [0, 0.1) is 0 Å². The van der Waals surface area contributed by atoms with Crippen molar-refractivity contribution in [2.24, 2.45) is 5.10 Å². The molecule has 3 aromatic carbocycles. The Bertz CT molecular complexity index is 1280. The number of ether oxygens (including phenoxy) is 2. The molecule has 0 aromatic heterocycles. The fraction of sp³-hybridized carbons (Fsp3) is 0.0833. The maximum atomic E-state index is 12.5. The lowest BCUT2D eigenvalue weighted by Crippen LogP contribution is -2.32. The van der Waals surface area contributed by atoms with E-state index in [1.807, 2.05) is 0 Å². The number of rotatable bonds is 7. The van der Waals surface area contributed by atoms with Gasteiger partial charge in [-0.3, -0.25) is 9.59 Å². The second-order valence-electron chi connectivity index (χ2n) is 6.81. The molecule has 0 unspecified atom stereocenters. The highest BCUT2D eigenvalue weighted by atomic mass is 79.9. The lowest BCUT2D eigenvalue weighted by molar-refractivity contribution is -0.136. The molecule has 3 rings (SSSR count). The quantitative estimate of drug-likeness (QED) is 0.127. The Balaban J connectivity index is 1.65. The van der Waals surface area contributed by atoms with Gasteiger partial charge in [0, 0.05) is 15.2 Å². The number of carbonyl (C=O) groups excluding carboxylic acids is 3. The minimum atomic E-state index is -0.945. The van der Waals surface area contributed by atoms with Gasteiger partial charge in [-0.05, 0) is 73.2 Å². The van der Waals surface area contributed by atoms with Gasteiger partial charge in [0.05, 0.1) is 23.4 Å². The molecule has 8 nitrogen and oxygen atoms in total. The second-order valence-corrected chi connectivity index (χ2v) is 8.57. The Morgan fingerprint density at radius 2 is 1.71 bits per heavy atom. The Hall–Kier alpha value is -3.40. The van der Waals surface area contributed by atoms with Crippen molar-refractivity contribution in [3.63, 3.8) is 0 Å². The summed E-state index contributed by atoms with van der Waals surface area (Å²) in [5.74, 6) is -2.06. The number of hydrazone groups is 1. The average molecular weight is 579 g/mol. The largest absolute Gasteiger partial charge is 0.490 e. The number of benzene rings is 3. The number of nitrogens with zero attached hydrogens (tertiary/aromatic N) is 1. The van der Waals surface area contributed by atoms with Gasteiger partial charge < -0.3 is 14.8 Å². The van der Waals surface area contributed by atoms with E-state index in [1.54, 1.807) is 43.3 Å². The molecule has 0 fully saturated rings. The van der Waals surface area contributed by atoms with Gasteiger partial charge >= 0.3 is 17.8 Å². The first-order valence-electron chi connectivity index (χ1n) is 10.1. The molecule has 0 aliphatic carbocycles. The molecular formula is C24H18BrCl2N3O5. The van der Waals surface area contributed by atoms with Crippen LogP contribution in [0.1, 0.15) is 22.8 Å². The van der Waals surface area contributed by atoms with E-state index in [-0.39, 0.29) is 22.1 Å². The first-order valence-corrected chi connectivity index (χ1v) is 11.7. The summed E-state index contributed by atoms with van der Waals surface area (Å²) >= 11 is 15.2. The molecule has 11 heteroatoms. The highest BCUT2D eigenvalue weighted by Gasteiger charge is 2.17. The van der Waals surface area contributed by atoms with Crippen molar-refractivity contribution in [3.8, 4) is 11.5 Å². The van der Waals surface area contributed by atoms with Crippen LogP contribution < -0.4 is 20.2 Å². The Labute approximate surface area is 219 Å². The zero-order valence-electron chi connectivity index (χ0n) is 18.2. The molecule has 2 N–H and O–H groups in total. The Morgan fingerprint density at radius 1 is 0.971 bits per heavy atom. The summed E-state index contributed by atoms with van der Waals surface area (Å²) in [5, 5.41) is 6.80. The summed E-state index contributed by atoms with van der Waals surface area (Å²) in [7, 11) is 0. The predicted molar refractivity (Wildman–Crippen MR) is 138 cm³/mol. The minimum absolute atomic E-state index is 0.147. The van der Waals surface area contributed by atoms with Crippen LogP contribution in [0.15, 0.2) is 70.2 Å². The van der Waals surface area contributed by atoms with Gasteiger partial charge in [0.15, 0.2) is 11.5 Å². The van der Waals surface area contributed by atoms with E-state index in [4.69, 9.17) is 32.7 Å². The molecule has 0 atom stereocenters. The summed E-state index contributed by atoms with van der Waals surface area (Å²) in [6, 6.07) is 15.8. The molecule has 3 aromatic rings. The fourth-order valence-electron chi connectivity index (χ4n) is 2.70. The van der Waals surface area contributed by atoms with E-state index in [2.05, 4.69) is 31.8 Å². The summed E-state index contributed by atoms with van der Waals surface area (Å²) in [6.07, 6.45) is 1.31. The zero-order chi connectivity index (χ0) is 25.4. The fourth-order valence-corrected chi connectivity index (χ4v) is 3.45. The van der Waals surface area contributed by atoms with Crippen LogP contribution in [0.25, 0.3) is 0 Å². The Kier molecular flexibility index (Phi) is 9.25. The molecule has 0 saturated carbocycles. The monoisotopic (exact) mass is 577 g/mol. The van der Waals surface area contributed by atoms with Crippen LogP contribution in [0.3, 0.4) is 0 Å². The molecule has 0 radical (unpaired) electrons.